The molecule has 0 fully saturated rings. The van der Waals surface area contributed by atoms with E-state index in [4.69, 9.17) is 0 Å². The van der Waals surface area contributed by atoms with Crippen LogP contribution in [0.1, 0.15) is 39.5 Å². The van der Waals surface area contributed by atoms with Crippen molar-refractivity contribution in [1.82, 2.24) is 0 Å². The van der Waals surface area contributed by atoms with Crippen molar-refractivity contribution in [1.29, 1.82) is 0 Å². The summed E-state index contributed by atoms with van der Waals surface area (Å²) in [6, 6.07) is 0. The van der Waals surface area contributed by atoms with Crippen molar-refractivity contribution in [2.24, 2.45) is 0 Å². The van der Waals surface area contributed by atoms with Crippen LogP contribution in [0.5, 0.6) is 0 Å². The molecule has 6 nitrogen and oxygen atoms in total. The molecule has 0 rings (SSSR count). The molecule has 0 aliphatic rings. The molecule has 0 heterocycles. The van der Waals surface area contributed by atoms with E-state index in [9.17, 15) is 43.2 Å². The Labute approximate surface area is 150 Å². The van der Waals surface area contributed by atoms with E-state index in [1.165, 1.54) is 43.3 Å². The van der Waals surface area contributed by atoms with Crippen molar-refractivity contribution in [3.63, 3.8) is 0 Å². The van der Waals surface area contributed by atoms with E-state index in [1.54, 1.807) is 0 Å². The number of alkyl halides is 6. The van der Waals surface area contributed by atoms with Gasteiger partial charge in [-0.25, -0.2) is 16.8 Å². The van der Waals surface area contributed by atoms with Crippen LogP contribution in [0.4, 0.5) is 26.3 Å². The van der Waals surface area contributed by atoms with Gasteiger partial charge in [0.15, 0.2) is 20.0 Å². The highest BCUT2D eigenvalue weighted by Gasteiger charge is 2.46. The molecule has 0 spiro atoms. The third kappa shape index (κ3) is 10.5. The van der Waals surface area contributed by atoms with Gasteiger partial charge in [-0.3, -0.25) is 0 Å². The van der Waals surface area contributed by atoms with Gasteiger partial charge in [0.2, 0.25) is 0 Å². The zero-order valence-corrected chi connectivity index (χ0v) is 16.5. The van der Waals surface area contributed by atoms with Crippen LogP contribution in [0, 0.1) is 0 Å². The van der Waals surface area contributed by atoms with Crippen LogP contribution in [-0.2, 0) is 20.0 Å². The molecule has 0 aromatic carbocycles. The second kappa shape index (κ2) is 10.1. The molecule has 14 heteroatoms. The molecule has 0 atom stereocenters. The lowest BCUT2D eigenvalue weighted by molar-refractivity contribution is -0.890. The number of nitrogens with zero attached hydrogens (tertiary/aromatic N) is 2. The van der Waals surface area contributed by atoms with Crippen LogP contribution in [-0.4, -0.2) is 59.5 Å². The van der Waals surface area contributed by atoms with E-state index in [0.717, 1.165) is 4.13 Å². The third-order valence-corrected chi connectivity index (χ3v) is 5.72. The first-order valence-electron chi connectivity index (χ1n) is 7.52. The fraction of sp³-hybridized carbons (Fsp3) is 1.00. The Morgan fingerprint density at radius 2 is 1.12 bits per heavy atom. The molecule has 0 N–H and O–H groups in total. The summed E-state index contributed by atoms with van der Waals surface area (Å²) in [7, 11) is -8.78. The monoisotopic (exact) mass is 438 g/mol. The van der Waals surface area contributed by atoms with Crippen LogP contribution in [0.15, 0.2) is 0 Å². The maximum Gasteiger partial charge on any atom is 0.480 e. The molecule has 26 heavy (non-hydrogen) atoms. The number of quaternary nitrogens is 1. The molecule has 160 valence electrons. The minimum atomic E-state index is -6.72. The van der Waals surface area contributed by atoms with Crippen LogP contribution in [0.2, 0.25) is 0 Å². The lowest BCUT2D eigenvalue weighted by Gasteiger charge is -2.29. The zero-order valence-electron chi connectivity index (χ0n) is 14.9. The quantitative estimate of drug-likeness (QED) is 0.329. The molecular formula is C12H24F6N2O4S2. The fourth-order valence-corrected chi connectivity index (χ4v) is 3.43. The van der Waals surface area contributed by atoms with Crippen molar-refractivity contribution in [2.75, 3.05) is 27.2 Å². The summed E-state index contributed by atoms with van der Waals surface area (Å²) in [5, 5.41) is 0. The lowest BCUT2D eigenvalue weighted by atomic mass is 10.2. The Balaban J connectivity index is 0. The first-order chi connectivity index (χ1) is 11.3. The van der Waals surface area contributed by atoms with Crippen LogP contribution in [0.25, 0.3) is 4.13 Å². The predicted molar refractivity (Wildman–Crippen MR) is 85.0 cm³/mol. The summed E-state index contributed by atoms with van der Waals surface area (Å²) in [5.74, 6) is 0. The van der Waals surface area contributed by atoms with E-state index in [2.05, 4.69) is 27.9 Å². The van der Waals surface area contributed by atoms with Gasteiger partial charge in [0.05, 0.1) is 27.2 Å². The van der Waals surface area contributed by atoms with Gasteiger partial charge >= 0.3 is 11.0 Å². The molecule has 0 aliphatic heterocycles. The SMILES string of the molecule is CCCCC[N+](C)(C)CCC.O=S(=O)([N-]S(=O)(=O)C(F)(F)F)C(F)(F)F. The van der Waals surface area contributed by atoms with Crippen molar-refractivity contribution < 1.29 is 47.7 Å². The van der Waals surface area contributed by atoms with Crippen LogP contribution in [0.3, 0.4) is 0 Å². The fourth-order valence-electron chi connectivity index (χ4n) is 1.72. The first kappa shape index (κ1) is 27.6. The highest BCUT2D eigenvalue weighted by molar-refractivity contribution is 8.13. The molecular weight excluding hydrogens is 414 g/mol. The Morgan fingerprint density at radius 1 is 0.731 bits per heavy atom. The first-order valence-corrected chi connectivity index (χ1v) is 10.4. The van der Waals surface area contributed by atoms with Gasteiger partial charge in [0.1, 0.15) is 0 Å². The summed E-state index contributed by atoms with van der Waals surface area (Å²) in [6.45, 7) is 7.20. The maximum atomic E-state index is 11.4. The Morgan fingerprint density at radius 3 is 1.38 bits per heavy atom. The van der Waals surface area contributed by atoms with Crippen molar-refractivity contribution >= 4 is 20.0 Å². The summed E-state index contributed by atoms with van der Waals surface area (Å²) < 4.78 is 110. The molecule has 0 aliphatic carbocycles. The van der Waals surface area contributed by atoms with Gasteiger partial charge in [0, 0.05) is 0 Å². The van der Waals surface area contributed by atoms with Gasteiger partial charge in [-0.05, 0) is 19.3 Å². The standard InChI is InChI=1S/C10H24N.C2F6NO4S2/c1-5-7-8-10-11(3,4)9-6-2;3-1(4,5)14(10,11)9-15(12,13)2(6,7)8/h5-10H2,1-4H3;/q+1;-1. The Hall–Kier alpha value is -0.600. The van der Waals surface area contributed by atoms with Crippen LogP contribution < -0.4 is 0 Å². The second-order valence-corrected chi connectivity index (χ2v) is 9.43. The summed E-state index contributed by atoms with van der Waals surface area (Å²) in [6.07, 6.45) is 5.43. The topological polar surface area (TPSA) is 82.4 Å². The summed E-state index contributed by atoms with van der Waals surface area (Å²) >= 11 is 0. The Bertz CT molecular complexity index is 571. The molecule has 0 aromatic rings. The summed E-state index contributed by atoms with van der Waals surface area (Å²) in [5.41, 5.74) is -12.4. The van der Waals surface area contributed by atoms with Crippen LogP contribution >= 0.6 is 0 Å². The Kier molecular flexibility index (Phi) is 10.7. The molecule has 0 aromatic heterocycles. The van der Waals surface area contributed by atoms with Crippen molar-refractivity contribution in [3.05, 3.63) is 4.13 Å². The van der Waals surface area contributed by atoms with Gasteiger partial charge in [-0.15, -0.1) is 0 Å². The van der Waals surface area contributed by atoms with Gasteiger partial charge in [-0.1, -0.05) is 20.3 Å². The second-order valence-electron chi connectivity index (χ2n) is 6.01. The minimum Gasteiger partial charge on any atom is -0.421 e. The van der Waals surface area contributed by atoms with E-state index >= 15 is 0 Å². The van der Waals surface area contributed by atoms with Gasteiger partial charge in [-0.2, -0.15) is 26.3 Å². The van der Waals surface area contributed by atoms with E-state index in [0.29, 0.717) is 0 Å². The molecule has 0 saturated heterocycles. The van der Waals surface area contributed by atoms with Gasteiger partial charge < -0.3 is 8.61 Å². The molecule has 0 radical (unpaired) electrons. The maximum absolute atomic E-state index is 11.4. The summed E-state index contributed by atoms with van der Waals surface area (Å²) in [4.78, 5) is 0. The highest BCUT2D eigenvalue weighted by atomic mass is 32.3. The van der Waals surface area contributed by atoms with Crippen molar-refractivity contribution in [3.8, 4) is 0 Å². The number of hydrogen-bond acceptors (Lipinski definition) is 4. The molecule has 0 unspecified atom stereocenters. The number of hydrogen-bond donors (Lipinski definition) is 0. The highest BCUT2D eigenvalue weighted by Crippen LogP contribution is 2.36. The van der Waals surface area contributed by atoms with E-state index in [-0.39, 0.29) is 0 Å². The van der Waals surface area contributed by atoms with E-state index < -0.39 is 31.1 Å². The smallest absolute Gasteiger partial charge is 0.421 e. The number of halogens is 6. The lowest BCUT2D eigenvalue weighted by Crippen LogP contribution is -2.40. The average molecular weight is 438 g/mol. The normalized spacial score (nSPS) is 13.9. The van der Waals surface area contributed by atoms with E-state index in [1.807, 2.05) is 0 Å². The predicted octanol–water partition coefficient (Wildman–Crippen LogP) is 3.72. The third-order valence-electron chi connectivity index (χ3n) is 2.98. The van der Waals surface area contributed by atoms with Crippen molar-refractivity contribution in [2.45, 2.75) is 50.5 Å². The number of unbranched alkanes of at least 4 members (excludes halogenated alkanes) is 2. The average Bonchev–Trinajstić information content (AvgIpc) is 2.35. The van der Waals surface area contributed by atoms with Gasteiger partial charge in [0.25, 0.3) is 0 Å². The largest absolute Gasteiger partial charge is 0.480 e. The molecule has 0 amide bonds. The minimum absolute atomic E-state index is 0.778. The molecule has 0 saturated carbocycles. The number of sulfonamides is 2. The number of rotatable bonds is 8. The zero-order chi connectivity index (χ0) is 21.4. The molecule has 0 bridgehead atoms.